The van der Waals surface area contributed by atoms with Crippen molar-refractivity contribution in [1.82, 2.24) is 14.9 Å². The van der Waals surface area contributed by atoms with Crippen molar-refractivity contribution >= 4 is 6.09 Å². The molecule has 0 radical (unpaired) electrons. The number of carbonyl (C=O) groups is 1. The third-order valence-corrected chi connectivity index (χ3v) is 3.40. The molecule has 0 saturated carbocycles. The first-order chi connectivity index (χ1) is 9.87. The summed E-state index contributed by atoms with van der Waals surface area (Å²) in [6, 6.07) is 0.128. The molecule has 1 aromatic heterocycles. The predicted molar refractivity (Wildman–Crippen MR) is 79.1 cm³/mol. The highest BCUT2D eigenvalue weighted by atomic mass is 16.6. The number of imidazole rings is 1. The Bertz CT molecular complexity index is 473. The van der Waals surface area contributed by atoms with Crippen LogP contribution in [0.25, 0.3) is 0 Å². The molecule has 118 valence electrons. The molecule has 1 aliphatic heterocycles. The molecule has 1 saturated heterocycles. The van der Waals surface area contributed by atoms with Gasteiger partial charge in [0.25, 0.3) is 0 Å². The van der Waals surface area contributed by atoms with E-state index in [2.05, 4.69) is 14.9 Å². The van der Waals surface area contributed by atoms with Gasteiger partial charge in [0, 0.05) is 6.61 Å². The molecule has 1 N–H and O–H groups in total. The normalized spacial score (nSPS) is 20.9. The number of nitrogens with one attached hydrogen (secondary N) is 1. The van der Waals surface area contributed by atoms with E-state index in [0.29, 0.717) is 12.6 Å². The fourth-order valence-corrected chi connectivity index (χ4v) is 2.46. The summed E-state index contributed by atoms with van der Waals surface area (Å²) >= 11 is 0. The van der Waals surface area contributed by atoms with E-state index >= 15 is 0 Å². The second-order valence-corrected chi connectivity index (χ2v) is 6.46. The average Bonchev–Trinajstić information content (AvgIpc) is 2.86. The second-order valence-electron chi connectivity index (χ2n) is 6.46. The zero-order valence-electron chi connectivity index (χ0n) is 13.3. The standard InChI is InChI=1S/C15H25N3O3/c1-11(17-14(19)21-15(2,3)4)13-8-16-10-18(13)12-6-5-7-20-9-12/h8,10-12H,5-7,9H2,1-4H3,(H,17,19). The van der Waals surface area contributed by atoms with Crippen LogP contribution in [0.3, 0.4) is 0 Å². The van der Waals surface area contributed by atoms with E-state index in [0.717, 1.165) is 25.1 Å². The number of rotatable bonds is 3. The lowest BCUT2D eigenvalue weighted by molar-refractivity contribution is 0.0493. The van der Waals surface area contributed by atoms with E-state index in [1.807, 2.05) is 34.0 Å². The monoisotopic (exact) mass is 295 g/mol. The maximum atomic E-state index is 11.9. The van der Waals surface area contributed by atoms with Crippen LogP contribution in [0.1, 0.15) is 58.3 Å². The van der Waals surface area contributed by atoms with Crippen molar-refractivity contribution in [2.24, 2.45) is 0 Å². The molecule has 0 bridgehead atoms. The molecule has 1 fully saturated rings. The quantitative estimate of drug-likeness (QED) is 0.931. The molecule has 0 spiro atoms. The molecule has 2 unspecified atom stereocenters. The Hall–Kier alpha value is -1.56. The van der Waals surface area contributed by atoms with Crippen molar-refractivity contribution < 1.29 is 14.3 Å². The van der Waals surface area contributed by atoms with Crippen LogP contribution in [0.15, 0.2) is 12.5 Å². The summed E-state index contributed by atoms with van der Waals surface area (Å²) in [5.41, 5.74) is 0.470. The van der Waals surface area contributed by atoms with Gasteiger partial charge in [-0.25, -0.2) is 9.78 Å². The molecule has 0 aromatic carbocycles. The molecular weight excluding hydrogens is 270 g/mol. The molecular formula is C15H25N3O3. The first-order valence-electron chi connectivity index (χ1n) is 7.46. The summed E-state index contributed by atoms with van der Waals surface area (Å²) in [6.45, 7) is 9.00. The fourth-order valence-electron chi connectivity index (χ4n) is 2.46. The summed E-state index contributed by atoms with van der Waals surface area (Å²) in [4.78, 5) is 16.1. The van der Waals surface area contributed by atoms with Crippen LogP contribution in [0, 0.1) is 0 Å². The van der Waals surface area contributed by atoms with Gasteiger partial charge in [0.1, 0.15) is 5.60 Å². The Morgan fingerprint density at radius 3 is 2.95 bits per heavy atom. The van der Waals surface area contributed by atoms with E-state index in [1.165, 1.54) is 0 Å². The van der Waals surface area contributed by atoms with Gasteiger partial charge < -0.3 is 19.4 Å². The van der Waals surface area contributed by atoms with E-state index in [4.69, 9.17) is 9.47 Å². The zero-order chi connectivity index (χ0) is 15.5. The summed E-state index contributed by atoms with van der Waals surface area (Å²) in [5.74, 6) is 0. The molecule has 1 aliphatic rings. The number of amides is 1. The summed E-state index contributed by atoms with van der Waals surface area (Å²) < 4.78 is 12.9. The Morgan fingerprint density at radius 1 is 1.57 bits per heavy atom. The Labute approximate surface area is 125 Å². The third kappa shape index (κ3) is 4.46. The Balaban J connectivity index is 2.01. The van der Waals surface area contributed by atoms with Crippen LogP contribution >= 0.6 is 0 Å². The van der Waals surface area contributed by atoms with Gasteiger partial charge in [0.2, 0.25) is 0 Å². The van der Waals surface area contributed by atoms with Crippen molar-refractivity contribution in [2.45, 2.75) is 58.2 Å². The van der Waals surface area contributed by atoms with E-state index in [9.17, 15) is 4.79 Å². The zero-order valence-corrected chi connectivity index (χ0v) is 13.3. The van der Waals surface area contributed by atoms with Crippen molar-refractivity contribution in [2.75, 3.05) is 13.2 Å². The summed E-state index contributed by atoms with van der Waals surface area (Å²) in [5, 5.41) is 2.86. The van der Waals surface area contributed by atoms with Crippen LogP contribution < -0.4 is 5.32 Å². The molecule has 1 aromatic rings. The van der Waals surface area contributed by atoms with Crippen molar-refractivity contribution in [3.63, 3.8) is 0 Å². The van der Waals surface area contributed by atoms with E-state index < -0.39 is 11.7 Å². The minimum atomic E-state index is -0.499. The molecule has 1 amide bonds. The first-order valence-corrected chi connectivity index (χ1v) is 7.46. The van der Waals surface area contributed by atoms with Gasteiger partial charge in [-0.2, -0.15) is 0 Å². The highest BCUT2D eigenvalue weighted by molar-refractivity contribution is 5.68. The fraction of sp³-hybridized carbons (Fsp3) is 0.733. The maximum Gasteiger partial charge on any atom is 0.408 e. The van der Waals surface area contributed by atoms with Gasteiger partial charge in [-0.15, -0.1) is 0 Å². The van der Waals surface area contributed by atoms with Crippen LogP contribution in [0.5, 0.6) is 0 Å². The molecule has 2 atom stereocenters. The number of nitrogens with zero attached hydrogens (tertiary/aromatic N) is 2. The number of hydrogen-bond donors (Lipinski definition) is 1. The largest absolute Gasteiger partial charge is 0.444 e. The van der Waals surface area contributed by atoms with Gasteiger partial charge in [-0.05, 0) is 40.5 Å². The van der Waals surface area contributed by atoms with Crippen molar-refractivity contribution in [1.29, 1.82) is 0 Å². The van der Waals surface area contributed by atoms with Gasteiger partial charge in [0.15, 0.2) is 0 Å². The molecule has 2 rings (SSSR count). The lowest BCUT2D eigenvalue weighted by Crippen LogP contribution is -2.35. The minimum absolute atomic E-state index is 0.163. The highest BCUT2D eigenvalue weighted by Crippen LogP contribution is 2.24. The van der Waals surface area contributed by atoms with Gasteiger partial charge in [-0.1, -0.05) is 0 Å². The number of alkyl carbamates (subject to hydrolysis) is 1. The SMILES string of the molecule is CC(NC(=O)OC(C)(C)C)c1cncn1C1CCCOC1. The van der Waals surface area contributed by atoms with E-state index in [1.54, 1.807) is 6.20 Å². The number of aromatic nitrogens is 2. The lowest BCUT2D eigenvalue weighted by Gasteiger charge is -2.27. The first kappa shape index (κ1) is 15.8. The van der Waals surface area contributed by atoms with Crippen LogP contribution in [-0.4, -0.2) is 34.5 Å². The lowest BCUT2D eigenvalue weighted by atomic mass is 10.1. The van der Waals surface area contributed by atoms with Gasteiger partial charge in [-0.3, -0.25) is 0 Å². The number of ether oxygens (including phenoxy) is 2. The molecule has 0 aliphatic carbocycles. The number of carbonyl (C=O) groups excluding carboxylic acids is 1. The summed E-state index contributed by atoms with van der Waals surface area (Å²) in [7, 11) is 0. The number of hydrogen-bond acceptors (Lipinski definition) is 4. The average molecular weight is 295 g/mol. The summed E-state index contributed by atoms with van der Waals surface area (Å²) in [6.07, 6.45) is 5.31. The second kappa shape index (κ2) is 6.47. The predicted octanol–water partition coefficient (Wildman–Crippen LogP) is 2.82. The minimum Gasteiger partial charge on any atom is -0.444 e. The van der Waals surface area contributed by atoms with Crippen LogP contribution in [-0.2, 0) is 9.47 Å². The van der Waals surface area contributed by atoms with Gasteiger partial charge in [0.05, 0.1) is 36.9 Å². The molecule has 6 heteroatoms. The Morgan fingerprint density at radius 2 is 2.33 bits per heavy atom. The highest BCUT2D eigenvalue weighted by Gasteiger charge is 2.23. The smallest absolute Gasteiger partial charge is 0.408 e. The van der Waals surface area contributed by atoms with Crippen LogP contribution in [0.2, 0.25) is 0 Å². The molecule has 2 heterocycles. The topological polar surface area (TPSA) is 65.4 Å². The molecule has 6 nitrogen and oxygen atoms in total. The van der Waals surface area contributed by atoms with Crippen LogP contribution in [0.4, 0.5) is 4.79 Å². The van der Waals surface area contributed by atoms with Crippen molar-refractivity contribution in [3.05, 3.63) is 18.2 Å². The third-order valence-electron chi connectivity index (χ3n) is 3.40. The Kier molecular flexibility index (Phi) is 4.88. The van der Waals surface area contributed by atoms with Crippen molar-refractivity contribution in [3.8, 4) is 0 Å². The molecule has 21 heavy (non-hydrogen) atoms. The van der Waals surface area contributed by atoms with Gasteiger partial charge >= 0.3 is 6.09 Å². The van der Waals surface area contributed by atoms with E-state index in [-0.39, 0.29) is 6.04 Å². The maximum absolute atomic E-state index is 11.9.